The minimum absolute atomic E-state index is 0.528. The van der Waals surface area contributed by atoms with Gasteiger partial charge in [0.05, 0.1) is 16.6 Å². The topological polar surface area (TPSA) is 57.4 Å². The van der Waals surface area contributed by atoms with Crippen molar-refractivity contribution >= 4 is 22.7 Å². The SMILES string of the molecule is Cc1ccc(-n2c(C)cc(/C=C(/C#N)c3nc4cc(C)c(C)cc4[nH]3)c2C)cc1. The predicted molar refractivity (Wildman–Crippen MR) is 119 cm³/mol. The summed E-state index contributed by atoms with van der Waals surface area (Å²) < 4.78 is 2.21. The molecule has 0 saturated carbocycles. The first kappa shape index (κ1) is 18.8. The van der Waals surface area contributed by atoms with Crippen LogP contribution >= 0.6 is 0 Å². The molecule has 29 heavy (non-hydrogen) atoms. The maximum atomic E-state index is 9.80. The Labute approximate surface area is 171 Å². The van der Waals surface area contributed by atoms with Gasteiger partial charge in [-0.1, -0.05) is 17.7 Å². The lowest BCUT2D eigenvalue weighted by molar-refractivity contribution is 0.963. The summed E-state index contributed by atoms with van der Waals surface area (Å²) in [5.41, 5.74) is 10.4. The summed E-state index contributed by atoms with van der Waals surface area (Å²) in [5, 5.41) is 9.80. The summed E-state index contributed by atoms with van der Waals surface area (Å²) in [6.45, 7) is 10.4. The number of nitrogens with one attached hydrogen (secondary N) is 1. The Morgan fingerprint density at radius 1 is 1.00 bits per heavy atom. The van der Waals surface area contributed by atoms with Gasteiger partial charge in [-0.15, -0.1) is 0 Å². The lowest BCUT2D eigenvalue weighted by Gasteiger charge is -2.10. The van der Waals surface area contributed by atoms with Gasteiger partial charge in [-0.3, -0.25) is 0 Å². The fourth-order valence-corrected chi connectivity index (χ4v) is 3.73. The minimum Gasteiger partial charge on any atom is -0.337 e. The molecule has 0 bridgehead atoms. The van der Waals surface area contributed by atoms with Crippen molar-refractivity contribution in [1.29, 1.82) is 5.26 Å². The molecule has 4 rings (SSSR count). The van der Waals surface area contributed by atoms with Crippen molar-refractivity contribution in [2.24, 2.45) is 0 Å². The number of nitriles is 1. The molecule has 0 saturated heterocycles. The van der Waals surface area contributed by atoms with Crippen molar-refractivity contribution in [3.8, 4) is 11.8 Å². The standard InChI is InChI=1S/C25H24N4/c1-15-6-8-22(9-7-15)29-18(4)12-20(19(29)5)13-21(14-26)25-27-23-10-16(2)17(3)11-24(23)28-25/h6-13H,1-5H3,(H,27,28)/b21-13-. The molecule has 0 radical (unpaired) electrons. The first-order valence-corrected chi connectivity index (χ1v) is 9.72. The van der Waals surface area contributed by atoms with E-state index in [4.69, 9.17) is 0 Å². The Kier molecular flexibility index (Phi) is 4.60. The Balaban J connectivity index is 1.79. The molecule has 0 fully saturated rings. The maximum absolute atomic E-state index is 9.80. The van der Waals surface area contributed by atoms with Gasteiger partial charge in [-0.05, 0) is 87.7 Å². The zero-order valence-electron chi connectivity index (χ0n) is 17.5. The molecule has 4 nitrogen and oxygen atoms in total. The average molecular weight is 380 g/mol. The van der Waals surface area contributed by atoms with Crippen LogP contribution in [0.15, 0.2) is 42.5 Å². The molecule has 2 aromatic heterocycles. The molecule has 144 valence electrons. The molecule has 0 amide bonds. The van der Waals surface area contributed by atoms with Crippen molar-refractivity contribution < 1.29 is 0 Å². The number of allylic oxidation sites excluding steroid dienone is 1. The lowest BCUT2D eigenvalue weighted by atomic mass is 10.1. The van der Waals surface area contributed by atoms with E-state index in [9.17, 15) is 5.26 Å². The van der Waals surface area contributed by atoms with Crippen LogP contribution in [0.3, 0.4) is 0 Å². The summed E-state index contributed by atoms with van der Waals surface area (Å²) in [6.07, 6.45) is 1.92. The molecular formula is C25H24N4. The predicted octanol–water partition coefficient (Wildman–Crippen LogP) is 5.96. The summed E-state index contributed by atoms with van der Waals surface area (Å²) in [7, 11) is 0. The minimum atomic E-state index is 0.528. The monoisotopic (exact) mass is 380 g/mol. The number of imidazole rings is 1. The Bertz CT molecular complexity index is 1250. The lowest BCUT2D eigenvalue weighted by Crippen LogP contribution is -1.99. The second-order valence-corrected chi connectivity index (χ2v) is 7.71. The molecule has 1 N–H and O–H groups in total. The number of rotatable bonds is 3. The number of nitrogens with zero attached hydrogens (tertiary/aromatic N) is 3. The van der Waals surface area contributed by atoms with Crippen LogP contribution in [0, 0.1) is 45.9 Å². The number of aromatic amines is 1. The molecule has 4 aromatic rings. The molecule has 0 aliphatic heterocycles. The van der Waals surface area contributed by atoms with E-state index in [1.807, 2.05) is 6.08 Å². The van der Waals surface area contributed by atoms with E-state index in [1.54, 1.807) is 0 Å². The van der Waals surface area contributed by atoms with Crippen molar-refractivity contribution in [2.75, 3.05) is 0 Å². The number of aromatic nitrogens is 3. The largest absolute Gasteiger partial charge is 0.337 e. The smallest absolute Gasteiger partial charge is 0.149 e. The summed E-state index contributed by atoms with van der Waals surface area (Å²) in [5.74, 6) is 0.604. The van der Waals surface area contributed by atoms with Gasteiger partial charge in [-0.2, -0.15) is 5.26 Å². The van der Waals surface area contributed by atoms with E-state index in [1.165, 1.54) is 16.7 Å². The summed E-state index contributed by atoms with van der Waals surface area (Å²) in [6, 6.07) is 17.0. The van der Waals surface area contributed by atoms with Crippen molar-refractivity contribution in [2.45, 2.75) is 34.6 Å². The number of benzene rings is 2. The second kappa shape index (κ2) is 7.10. The van der Waals surface area contributed by atoms with Crippen LogP contribution in [0.2, 0.25) is 0 Å². The molecule has 2 aromatic carbocycles. The Morgan fingerprint density at radius 2 is 1.69 bits per heavy atom. The highest BCUT2D eigenvalue weighted by Gasteiger charge is 2.13. The molecule has 2 heterocycles. The van der Waals surface area contributed by atoms with Gasteiger partial charge in [0.15, 0.2) is 0 Å². The highest BCUT2D eigenvalue weighted by molar-refractivity contribution is 5.91. The van der Waals surface area contributed by atoms with Crippen LogP contribution in [0.4, 0.5) is 0 Å². The van der Waals surface area contributed by atoms with Crippen LogP contribution < -0.4 is 0 Å². The van der Waals surface area contributed by atoms with Crippen molar-refractivity contribution in [3.05, 3.63) is 81.9 Å². The van der Waals surface area contributed by atoms with Crippen LogP contribution in [0.25, 0.3) is 28.4 Å². The van der Waals surface area contributed by atoms with Crippen LogP contribution in [0.1, 0.15) is 39.5 Å². The molecule has 0 unspecified atom stereocenters. The van der Waals surface area contributed by atoms with Crippen molar-refractivity contribution in [3.63, 3.8) is 0 Å². The van der Waals surface area contributed by atoms with Crippen LogP contribution in [-0.4, -0.2) is 14.5 Å². The van der Waals surface area contributed by atoms with Gasteiger partial charge in [0.1, 0.15) is 11.9 Å². The van der Waals surface area contributed by atoms with E-state index in [2.05, 4.69) is 97.7 Å². The molecule has 0 atom stereocenters. The van der Waals surface area contributed by atoms with Gasteiger partial charge in [0.25, 0.3) is 0 Å². The number of hydrogen-bond acceptors (Lipinski definition) is 2. The maximum Gasteiger partial charge on any atom is 0.149 e. The number of aryl methyl sites for hydroxylation is 4. The molecule has 4 heteroatoms. The van der Waals surface area contributed by atoms with Crippen LogP contribution in [-0.2, 0) is 0 Å². The summed E-state index contributed by atoms with van der Waals surface area (Å²) in [4.78, 5) is 7.96. The number of H-pyrrole nitrogens is 1. The molecule has 0 spiro atoms. The third-order valence-electron chi connectivity index (χ3n) is 5.54. The second-order valence-electron chi connectivity index (χ2n) is 7.71. The third kappa shape index (κ3) is 3.36. The molecule has 0 aliphatic rings. The van der Waals surface area contributed by atoms with E-state index < -0.39 is 0 Å². The summed E-state index contributed by atoms with van der Waals surface area (Å²) >= 11 is 0. The fraction of sp³-hybridized carbons (Fsp3) is 0.200. The quantitative estimate of drug-likeness (QED) is 0.446. The Hall–Kier alpha value is -3.58. The van der Waals surface area contributed by atoms with E-state index in [0.29, 0.717) is 11.4 Å². The highest BCUT2D eigenvalue weighted by Crippen LogP contribution is 2.26. The van der Waals surface area contributed by atoms with E-state index >= 15 is 0 Å². The molecular weight excluding hydrogens is 356 g/mol. The molecule has 0 aliphatic carbocycles. The zero-order chi connectivity index (χ0) is 20.7. The third-order valence-corrected chi connectivity index (χ3v) is 5.54. The fourth-order valence-electron chi connectivity index (χ4n) is 3.73. The van der Waals surface area contributed by atoms with Gasteiger partial charge >= 0.3 is 0 Å². The zero-order valence-corrected chi connectivity index (χ0v) is 17.5. The normalized spacial score (nSPS) is 11.8. The first-order valence-electron chi connectivity index (χ1n) is 9.72. The van der Waals surface area contributed by atoms with Gasteiger partial charge in [0.2, 0.25) is 0 Å². The number of fused-ring (bicyclic) bond motifs is 1. The van der Waals surface area contributed by atoms with E-state index in [-0.39, 0.29) is 0 Å². The van der Waals surface area contributed by atoms with Crippen molar-refractivity contribution in [1.82, 2.24) is 14.5 Å². The van der Waals surface area contributed by atoms with Gasteiger partial charge in [0, 0.05) is 17.1 Å². The first-order chi connectivity index (χ1) is 13.9. The van der Waals surface area contributed by atoms with Crippen LogP contribution in [0.5, 0.6) is 0 Å². The van der Waals surface area contributed by atoms with Gasteiger partial charge in [-0.25, -0.2) is 4.98 Å². The number of hydrogen-bond donors (Lipinski definition) is 1. The van der Waals surface area contributed by atoms with Gasteiger partial charge < -0.3 is 9.55 Å². The van der Waals surface area contributed by atoms with E-state index in [0.717, 1.165) is 33.7 Å². The highest BCUT2D eigenvalue weighted by atomic mass is 15.0. The Morgan fingerprint density at radius 3 is 2.38 bits per heavy atom. The average Bonchev–Trinajstić information content (AvgIpc) is 3.21.